The molecular formula is C4H10O6Ti. The molecule has 6 nitrogen and oxygen atoms in total. The van der Waals surface area contributed by atoms with Gasteiger partial charge in [-0.25, -0.2) is 4.79 Å². The summed E-state index contributed by atoms with van der Waals surface area (Å²) in [5.74, 6) is -0.935. The molecule has 0 bridgehead atoms. The van der Waals surface area contributed by atoms with Crippen LogP contribution in [-0.4, -0.2) is 25.8 Å². The Hall–Kier alpha value is -0.236. The summed E-state index contributed by atoms with van der Waals surface area (Å²) in [5.41, 5.74) is 0.176. The first-order valence-electron chi connectivity index (χ1n) is 2.43. The van der Waals surface area contributed by atoms with Gasteiger partial charge in [0.25, 0.3) is 0 Å². The average Bonchev–Trinajstić information content (AvgIpc) is 1.59. The van der Waals surface area contributed by atoms with Crippen molar-refractivity contribution in [2.45, 2.75) is 6.92 Å². The second-order valence-corrected chi connectivity index (χ2v) is 3.56. The average molecular weight is 202 g/mol. The third-order valence-corrected chi connectivity index (χ3v) is 0.365. The molecule has 11 heavy (non-hydrogen) atoms. The van der Waals surface area contributed by atoms with E-state index in [2.05, 4.69) is 6.58 Å². The molecule has 0 aliphatic rings. The van der Waals surface area contributed by atoms with E-state index in [1.54, 1.807) is 0 Å². The van der Waals surface area contributed by atoms with Crippen LogP contribution in [-0.2, 0) is 22.9 Å². The molecule has 66 valence electrons. The molecule has 0 aliphatic heterocycles. The minimum absolute atomic E-state index is 0.176. The van der Waals surface area contributed by atoms with Crippen molar-refractivity contribution in [3.05, 3.63) is 12.2 Å². The fourth-order valence-corrected chi connectivity index (χ4v) is 0. The van der Waals surface area contributed by atoms with E-state index < -0.39 is 24.1 Å². The summed E-state index contributed by atoms with van der Waals surface area (Å²) in [4.78, 5) is 9.60. The molecule has 0 heterocycles. The summed E-state index contributed by atoms with van der Waals surface area (Å²) in [7, 11) is 0. The van der Waals surface area contributed by atoms with Crippen LogP contribution in [0, 0.1) is 0 Å². The van der Waals surface area contributed by atoms with E-state index in [1.165, 1.54) is 6.92 Å². The van der Waals surface area contributed by atoms with Crippen molar-refractivity contribution < 1.29 is 42.8 Å². The molecule has 0 aliphatic carbocycles. The molecule has 0 rings (SSSR count). The summed E-state index contributed by atoms with van der Waals surface area (Å²) in [6.07, 6.45) is 0. The van der Waals surface area contributed by atoms with Gasteiger partial charge >= 0.3 is 38.9 Å². The number of aliphatic carboxylic acids is 1. The van der Waals surface area contributed by atoms with Crippen molar-refractivity contribution in [3.63, 3.8) is 0 Å². The number of carboxylic acid groups (broad SMARTS) is 1. The van der Waals surface area contributed by atoms with Gasteiger partial charge in [-0.05, 0) is 6.92 Å². The van der Waals surface area contributed by atoms with Crippen LogP contribution in [0.5, 0.6) is 0 Å². The topological polar surface area (TPSA) is 118 Å². The molecule has 7 heteroatoms. The van der Waals surface area contributed by atoms with Gasteiger partial charge in [0.15, 0.2) is 0 Å². The van der Waals surface area contributed by atoms with Crippen LogP contribution in [0.25, 0.3) is 0 Å². The predicted octanol–water partition coefficient (Wildman–Crippen LogP) is -1.58. The van der Waals surface area contributed by atoms with Crippen LogP contribution in [0.3, 0.4) is 0 Å². The molecule has 0 aromatic carbocycles. The van der Waals surface area contributed by atoms with Gasteiger partial charge in [0, 0.05) is 5.57 Å². The van der Waals surface area contributed by atoms with Gasteiger partial charge in [0.05, 0.1) is 0 Å². The quantitative estimate of drug-likeness (QED) is 0.258. The number of carboxylic acids is 1. The van der Waals surface area contributed by atoms with Crippen LogP contribution in [0.4, 0.5) is 0 Å². The van der Waals surface area contributed by atoms with Crippen molar-refractivity contribution in [1.82, 2.24) is 0 Å². The van der Waals surface area contributed by atoms with Gasteiger partial charge in [-0.2, -0.15) is 0 Å². The second kappa shape index (κ2) is 5.42. The number of hydrogen-bond donors (Lipinski definition) is 5. The molecule has 0 radical (unpaired) electrons. The van der Waals surface area contributed by atoms with E-state index in [4.69, 9.17) is 19.9 Å². The zero-order valence-electron chi connectivity index (χ0n) is 5.85. The van der Waals surface area contributed by atoms with Gasteiger partial charge in [0.1, 0.15) is 0 Å². The zero-order chi connectivity index (χ0) is 9.65. The van der Waals surface area contributed by atoms with Crippen molar-refractivity contribution in [2.75, 3.05) is 0 Å². The van der Waals surface area contributed by atoms with E-state index in [9.17, 15) is 4.79 Å². The van der Waals surface area contributed by atoms with E-state index in [0.29, 0.717) is 0 Å². The normalized spacial score (nSPS) is 9.55. The Morgan fingerprint density at radius 1 is 1.27 bits per heavy atom. The van der Waals surface area contributed by atoms with Gasteiger partial charge < -0.3 is 5.11 Å². The molecule has 0 spiro atoms. The zero-order valence-corrected chi connectivity index (χ0v) is 7.41. The Kier molecular flexibility index (Phi) is 6.58. The molecule has 0 fully saturated rings. The Morgan fingerprint density at radius 2 is 1.36 bits per heavy atom. The first kappa shape index (κ1) is 13.4. The maximum absolute atomic E-state index is 9.60. The Balaban J connectivity index is 0. The summed E-state index contributed by atoms with van der Waals surface area (Å²) >= 11 is -5.00. The van der Waals surface area contributed by atoms with Crippen LogP contribution < -0.4 is 0 Å². The molecule has 0 unspecified atom stereocenters. The molecule has 5 N–H and O–H groups in total. The van der Waals surface area contributed by atoms with Gasteiger partial charge in [0.2, 0.25) is 0 Å². The molecule has 0 aromatic rings. The predicted molar refractivity (Wildman–Crippen MR) is 31.3 cm³/mol. The third-order valence-electron chi connectivity index (χ3n) is 0.365. The second-order valence-electron chi connectivity index (χ2n) is 1.69. The summed E-state index contributed by atoms with van der Waals surface area (Å²) in [6.45, 7) is 4.60. The molecule has 0 atom stereocenters. The molecular weight excluding hydrogens is 192 g/mol. The van der Waals surface area contributed by atoms with Gasteiger partial charge in [-0.3, -0.25) is 0 Å². The van der Waals surface area contributed by atoms with E-state index in [-0.39, 0.29) is 5.57 Å². The van der Waals surface area contributed by atoms with E-state index in [0.717, 1.165) is 0 Å². The van der Waals surface area contributed by atoms with E-state index in [1.807, 2.05) is 0 Å². The van der Waals surface area contributed by atoms with Crippen LogP contribution in [0.2, 0.25) is 0 Å². The minimum atomic E-state index is -5.00. The van der Waals surface area contributed by atoms with Gasteiger partial charge in [-0.1, -0.05) is 6.58 Å². The van der Waals surface area contributed by atoms with Crippen molar-refractivity contribution in [2.24, 2.45) is 0 Å². The van der Waals surface area contributed by atoms with Crippen molar-refractivity contribution in [1.29, 1.82) is 0 Å². The maximum atomic E-state index is 9.60. The molecule has 0 aromatic heterocycles. The number of hydrogen-bond acceptors (Lipinski definition) is 5. The summed E-state index contributed by atoms with van der Waals surface area (Å²) in [5, 5.41) is 7.89. The van der Waals surface area contributed by atoms with Crippen LogP contribution in [0.15, 0.2) is 12.2 Å². The number of carbonyl (C=O) groups is 1. The fraction of sp³-hybridized carbons (Fsp3) is 0.250. The summed E-state index contributed by atoms with van der Waals surface area (Å²) in [6, 6.07) is 0. The van der Waals surface area contributed by atoms with Crippen molar-refractivity contribution >= 4 is 5.97 Å². The summed E-state index contributed by atoms with van der Waals surface area (Å²) < 4.78 is 29.5. The van der Waals surface area contributed by atoms with Crippen molar-refractivity contribution in [3.8, 4) is 0 Å². The monoisotopic (exact) mass is 202 g/mol. The fourth-order valence-electron chi connectivity index (χ4n) is 0. The third kappa shape index (κ3) is 41.5. The Labute approximate surface area is 68.3 Å². The number of rotatable bonds is 1. The van der Waals surface area contributed by atoms with Crippen LogP contribution in [0.1, 0.15) is 6.92 Å². The first-order valence-corrected chi connectivity index (χ1v) is 5.22. The molecule has 0 amide bonds. The Morgan fingerprint density at radius 3 is 1.36 bits per heavy atom. The van der Waals surface area contributed by atoms with Gasteiger partial charge in [-0.15, -0.1) is 0 Å². The van der Waals surface area contributed by atoms with Crippen LogP contribution >= 0.6 is 0 Å². The van der Waals surface area contributed by atoms with E-state index >= 15 is 0 Å². The Bertz CT molecular complexity index is 129. The first-order chi connectivity index (χ1) is 4.64. The standard InChI is InChI=1S/C4H6O2.4H2O.Ti/c1-3(2)4(5)6;;;;;/h1H2,2H3,(H,5,6);4*1H2;/q;;;;;+4/p-4. The molecule has 0 saturated carbocycles. The SMILES string of the molecule is C=C(C)C(=O)O.[OH][Ti]([OH])([OH])[OH]. The molecule has 0 saturated heterocycles.